The van der Waals surface area contributed by atoms with E-state index in [1.165, 1.54) is 6.92 Å². The minimum Gasteiger partial charge on any atom is -0.367 e. The van der Waals surface area contributed by atoms with Crippen LogP contribution in [-0.4, -0.2) is 10.8 Å². The zero-order chi connectivity index (χ0) is 8.41. The summed E-state index contributed by atoms with van der Waals surface area (Å²) in [5.41, 5.74) is -1.46. The Balaban J connectivity index is 4.01. The van der Waals surface area contributed by atoms with E-state index < -0.39 is 5.72 Å². The molecule has 3 nitrogen and oxygen atoms in total. The molecule has 60 valence electrons. The molecule has 10 heavy (non-hydrogen) atoms. The standard InChI is InChI=1S/C7H15NO2/c1-6(2,3)5-7(4,9)8-10/h9H,5H2,1-4H3/t7-/m0/s1. The number of hydrogen-bond donors (Lipinski definition) is 1. The molecule has 0 rings (SSSR count). The molecule has 0 unspecified atom stereocenters. The first-order valence-electron chi connectivity index (χ1n) is 3.34. The van der Waals surface area contributed by atoms with Crippen LogP contribution in [0.2, 0.25) is 0 Å². The van der Waals surface area contributed by atoms with Gasteiger partial charge >= 0.3 is 0 Å². The van der Waals surface area contributed by atoms with E-state index in [1.807, 2.05) is 20.8 Å². The van der Waals surface area contributed by atoms with E-state index in [0.29, 0.717) is 6.42 Å². The zero-order valence-corrected chi connectivity index (χ0v) is 7.01. The highest BCUT2D eigenvalue weighted by atomic mass is 16.4. The van der Waals surface area contributed by atoms with Gasteiger partial charge in [-0.05, 0) is 17.5 Å². The highest BCUT2D eigenvalue weighted by molar-refractivity contribution is 4.76. The first kappa shape index (κ1) is 9.56. The fraction of sp³-hybridized carbons (Fsp3) is 1.00. The number of rotatable bonds is 2. The topological polar surface area (TPSA) is 49.7 Å². The molecule has 0 aromatic heterocycles. The Morgan fingerprint density at radius 2 is 1.70 bits per heavy atom. The summed E-state index contributed by atoms with van der Waals surface area (Å²) in [6.45, 7) is 7.28. The van der Waals surface area contributed by atoms with E-state index >= 15 is 0 Å². The number of nitrogens with zero attached hydrogens (tertiary/aromatic N) is 1. The Morgan fingerprint density at radius 3 is 1.80 bits per heavy atom. The molecule has 0 amide bonds. The van der Waals surface area contributed by atoms with Gasteiger partial charge in [-0.3, -0.25) is 0 Å². The molecule has 0 aromatic rings. The predicted octanol–water partition coefficient (Wildman–Crippen LogP) is 1.90. The van der Waals surface area contributed by atoms with Crippen LogP contribution in [0.4, 0.5) is 0 Å². The van der Waals surface area contributed by atoms with E-state index in [4.69, 9.17) is 0 Å². The molecule has 0 aliphatic carbocycles. The van der Waals surface area contributed by atoms with Crippen molar-refractivity contribution in [3.8, 4) is 0 Å². The van der Waals surface area contributed by atoms with Crippen LogP contribution in [0.25, 0.3) is 0 Å². The lowest BCUT2D eigenvalue weighted by Gasteiger charge is -2.24. The lowest BCUT2D eigenvalue weighted by molar-refractivity contribution is 0.0261. The second-order valence-corrected chi connectivity index (χ2v) is 4.05. The average Bonchev–Trinajstić information content (AvgIpc) is 1.60. The maximum absolute atomic E-state index is 10.0. The molecule has 1 N–H and O–H groups in total. The molecule has 0 aromatic carbocycles. The van der Waals surface area contributed by atoms with Crippen molar-refractivity contribution in [2.75, 3.05) is 0 Å². The molecular formula is C7H15NO2. The lowest BCUT2D eigenvalue weighted by atomic mass is 9.87. The van der Waals surface area contributed by atoms with Crippen LogP contribution >= 0.6 is 0 Å². The van der Waals surface area contributed by atoms with Gasteiger partial charge < -0.3 is 5.11 Å². The molecule has 0 radical (unpaired) electrons. The van der Waals surface area contributed by atoms with Crippen LogP contribution in [0.5, 0.6) is 0 Å². The number of hydrogen-bond acceptors (Lipinski definition) is 3. The Kier molecular flexibility index (Phi) is 2.54. The van der Waals surface area contributed by atoms with Crippen molar-refractivity contribution in [1.82, 2.24) is 0 Å². The number of nitroso groups, excluding NO2 is 1. The van der Waals surface area contributed by atoms with Gasteiger partial charge in [0, 0.05) is 6.42 Å². The Morgan fingerprint density at radius 1 is 1.30 bits per heavy atom. The van der Waals surface area contributed by atoms with Gasteiger partial charge in [-0.15, -0.1) is 4.91 Å². The minimum atomic E-state index is -1.40. The van der Waals surface area contributed by atoms with Crippen LogP contribution in [0.15, 0.2) is 5.18 Å². The summed E-state index contributed by atoms with van der Waals surface area (Å²) < 4.78 is 0. The summed E-state index contributed by atoms with van der Waals surface area (Å²) in [7, 11) is 0. The van der Waals surface area contributed by atoms with Crippen molar-refractivity contribution in [3.63, 3.8) is 0 Å². The molecule has 0 saturated carbocycles. The van der Waals surface area contributed by atoms with E-state index in [9.17, 15) is 10.0 Å². The van der Waals surface area contributed by atoms with Crippen molar-refractivity contribution >= 4 is 0 Å². The SMILES string of the molecule is CC(C)(C)C[C@](C)(O)N=O. The zero-order valence-electron chi connectivity index (χ0n) is 7.01. The fourth-order valence-electron chi connectivity index (χ4n) is 1.04. The van der Waals surface area contributed by atoms with Gasteiger partial charge in [-0.25, -0.2) is 0 Å². The molecule has 1 atom stereocenters. The highest BCUT2D eigenvalue weighted by Crippen LogP contribution is 2.27. The third kappa shape index (κ3) is 4.44. The van der Waals surface area contributed by atoms with Gasteiger partial charge in [0.25, 0.3) is 0 Å². The summed E-state index contributed by atoms with van der Waals surface area (Å²) >= 11 is 0. The van der Waals surface area contributed by atoms with Crippen molar-refractivity contribution < 1.29 is 5.11 Å². The molecule has 0 fully saturated rings. The first-order valence-corrected chi connectivity index (χ1v) is 3.34. The van der Waals surface area contributed by atoms with Crippen molar-refractivity contribution in [2.24, 2.45) is 10.6 Å². The number of aliphatic hydroxyl groups is 1. The molecule has 3 heteroatoms. The van der Waals surface area contributed by atoms with Gasteiger partial charge in [0.2, 0.25) is 0 Å². The minimum absolute atomic E-state index is 0.0581. The molecule has 0 spiro atoms. The van der Waals surface area contributed by atoms with E-state index in [0.717, 1.165) is 0 Å². The maximum Gasteiger partial charge on any atom is 0.195 e. The monoisotopic (exact) mass is 145 g/mol. The molecule has 0 heterocycles. The highest BCUT2D eigenvalue weighted by Gasteiger charge is 2.27. The summed E-state index contributed by atoms with van der Waals surface area (Å²) in [6.07, 6.45) is 0.392. The Hall–Kier alpha value is -0.440. The second kappa shape index (κ2) is 2.66. The van der Waals surface area contributed by atoms with Crippen LogP contribution in [0, 0.1) is 10.3 Å². The summed E-state index contributed by atoms with van der Waals surface area (Å²) in [5.74, 6) is 0. The third-order valence-electron chi connectivity index (χ3n) is 1.06. The molecule has 0 aliphatic rings. The van der Waals surface area contributed by atoms with Gasteiger partial charge in [0.1, 0.15) is 0 Å². The van der Waals surface area contributed by atoms with Gasteiger partial charge in [0.05, 0.1) is 0 Å². The van der Waals surface area contributed by atoms with Gasteiger partial charge in [-0.2, -0.15) is 0 Å². The van der Waals surface area contributed by atoms with Gasteiger partial charge in [0.15, 0.2) is 5.72 Å². The van der Waals surface area contributed by atoms with E-state index in [-0.39, 0.29) is 5.41 Å². The lowest BCUT2D eigenvalue weighted by Crippen LogP contribution is -2.27. The van der Waals surface area contributed by atoms with Crippen molar-refractivity contribution in [3.05, 3.63) is 4.91 Å². The Labute approximate surface area is 61.4 Å². The van der Waals surface area contributed by atoms with Crippen LogP contribution in [0.1, 0.15) is 34.1 Å². The summed E-state index contributed by atoms with van der Waals surface area (Å²) in [5, 5.41) is 11.8. The predicted molar refractivity (Wildman–Crippen MR) is 40.5 cm³/mol. The maximum atomic E-state index is 10.0. The summed E-state index contributed by atoms with van der Waals surface area (Å²) in [6, 6.07) is 0. The quantitative estimate of drug-likeness (QED) is 0.603. The fourth-order valence-corrected chi connectivity index (χ4v) is 1.04. The average molecular weight is 145 g/mol. The molecular weight excluding hydrogens is 130 g/mol. The van der Waals surface area contributed by atoms with Gasteiger partial charge in [-0.1, -0.05) is 20.8 Å². The third-order valence-corrected chi connectivity index (χ3v) is 1.06. The molecule has 0 aliphatic heterocycles. The first-order chi connectivity index (χ1) is 4.27. The van der Waals surface area contributed by atoms with E-state index in [2.05, 4.69) is 5.18 Å². The van der Waals surface area contributed by atoms with E-state index in [1.54, 1.807) is 0 Å². The summed E-state index contributed by atoms with van der Waals surface area (Å²) in [4.78, 5) is 10.0. The van der Waals surface area contributed by atoms with Crippen molar-refractivity contribution in [1.29, 1.82) is 0 Å². The van der Waals surface area contributed by atoms with Crippen molar-refractivity contribution in [2.45, 2.75) is 39.8 Å². The Bertz CT molecular complexity index is 124. The molecule has 0 saturated heterocycles. The van der Waals surface area contributed by atoms with Crippen LogP contribution < -0.4 is 0 Å². The van der Waals surface area contributed by atoms with Crippen LogP contribution in [-0.2, 0) is 0 Å². The van der Waals surface area contributed by atoms with Crippen LogP contribution in [0.3, 0.4) is 0 Å². The molecule has 0 bridgehead atoms. The smallest absolute Gasteiger partial charge is 0.195 e. The normalized spacial score (nSPS) is 18.1. The second-order valence-electron chi connectivity index (χ2n) is 4.05. The largest absolute Gasteiger partial charge is 0.367 e.